The highest BCUT2D eigenvalue weighted by Crippen LogP contribution is 2.17. The predicted octanol–water partition coefficient (Wildman–Crippen LogP) is 2.65. The summed E-state index contributed by atoms with van der Waals surface area (Å²) in [7, 11) is -3.51. The third kappa shape index (κ3) is 4.00. The number of hydrogen-bond donors (Lipinski definition) is 2. The predicted molar refractivity (Wildman–Crippen MR) is 92.2 cm³/mol. The van der Waals surface area contributed by atoms with Crippen molar-refractivity contribution in [1.29, 1.82) is 0 Å². The normalized spacial score (nSPS) is 11.5. The van der Waals surface area contributed by atoms with Crippen LogP contribution in [0.15, 0.2) is 59.5 Å². The average Bonchev–Trinajstić information content (AvgIpc) is 3.05. The molecule has 1 aromatic heterocycles. The fourth-order valence-corrected chi connectivity index (χ4v) is 3.30. The molecule has 8 heteroatoms. The van der Waals surface area contributed by atoms with Crippen LogP contribution in [0.1, 0.15) is 5.82 Å². The molecule has 0 amide bonds. The van der Waals surface area contributed by atoms with Crippen LogP contribution in [0.25, 0.3) is 11.4 Å². The van der Waals surface area contributed by atoms with Gasteiger partial charge in [-0.25, -0.2) is 18.1 Å². The van der Waals surface area contributed by atoms with Gasteiger partial charge in [0, 0.05) is 23.6 Å². The lowest BCUT2D eigenvalue weighted by atomic mass is 10.2. The van der Waals surface area contributed by atoms with Crippen molar-refractivity contribution >= 4 is 21.6 Å². The molecule has 0 aliphatic heterocycles. The molecule has 0 fully saturated rings. The van der Waals surface area contributed by atoms with E-state index in [4.69, 9.17) is 11.6 Å². The SMILES string of the molecule is O=S(=O)(NCCc1nc(-c2ccc(Cl)cc2)n[nH]1)c1ccccc1. The first-order valence-corrected chi connectivity index (χ1v) is 9.13. The van der Waals surface area contributed by atoms with E-state index in [0.717, 1.165) is 5.56 Å². The summed E-state index contributed by atoms with van der Waals surface area (Å²) in [6, 6.07) is 15.4. The number of benzene rings is 2. The zero-order valence-electron chi connectivity index (χ0n) is 12.6. The van der Waals surface area contributed by atoms with Gasteiger partial charge in [-0.1, -0.05) is 29.8 Å². The quantitative estimate of drug-likeness (QED) is 0.705. The van der Waals surface area contributed by atoms with Crippen molar-refractivity contribution in [3.8, 4) is 11.4 Å². The zero-order valence-corrected chi connectivity index (χ0v) is 14.2. The number of nitrogens with zero attached hydrogens (tertiary/aromatic N) is 2. The van der Waals surface area contributed by atoms with E-state index < -0.39 is 10.0 Å². The zero-order chi connectivity index (χ0) is 17.0. The highest BCUT2D eigenvalue weighted by atomic mass is 35.5. The van der Waals surface area contributed by atoms with Gasteiger partial charge in [-0.15, -0.1) is 0 Å². The summed E-state index contributed by atoms with van der Waals surface area (Å²) in [6.45, 7) is 0.229. The van der Waals surface area contributed by atoms with Crippen molar-refractivity contribution in [3.63, 3.8) is 0 Å². The first-order chi connectivity index (χ1) is 11.5. The minimum absolute atomic E-state index is 0.229. The van der Waals surface area contributed by atoms with Gasteiger partial charge in [-0.05, 0) is 36.4 Å². The lowest BCUT2D eigenvalue weighted by Crippen LogP contribution is -2.26. The molecule has 24 heavy (non-hydrogen) atoms. The number of hydrogen-bond acceptors (Lipinski definition) is 4. The summed E-state index contributed by atoms with van der Waals surface area (Å²) in [4.78, 5) is 4.60. The van der Waals surface area contributed by atoms with Crippen molar-refractivity contribution in [2.75, 3.05) is 6.54 Å². The lowest BCUT2D eigenvalue weighted by Gasteiger charge is -2.05. The van der Waals surface area contributed by atoms with Gasteiger partial charge in [-0.3, -0.25) is 5.10 Å². The minimum Gasteiger partial charge on any atom is -0.263 e. The van der Waals surface area contributed by atoms with Gasteiger partial charge in [0.05, 0.1) is 4.90 Å². The molecule has 0 aliphatic carbocycles. The van der Waals surface area contributed by atoms with E-state index in [9.17, 15) is 8.42 Å². The summed E-state index contributed by atoms with van der Waals surface area (Å²) in [5, 5.41) is 7.59. The van der Waals surface area contributed by atoms with Crippen LogP contribution in [0.3, 0.4) is 0 Å². The molecule has 3 aromatic rings. The number of halogens is 1. The average molecular weight is 363 g/mol. The highest BCUT2D eigenvalue weighted by Gasteiger charge is 2.13. The molecule has 0 radical (unpaired) electrons. The van der Waals surface area contributed by atoms with Crippen LogP contribution in [0.2, 0.25) is 5.02 Å². The molecule has 0 atom stereocenters. The van der Waals surface area contributed by atoms with Gasteiger partial charge in [0.25, 0.3) is 0 Å². The Balaban J connectivity index is 1.61. The van der Waals surface area contributed by atoms with Crippen molar-refractivity contribution in [2.45, 2.75) is 11.3 Å². The monoisotopic (exact) mass is 362 g/mol. The van der Waals surface area contributed by atoms with Gasteiger partial charge in [-0.2, -0.15) is 5.10 Å². The number of H-pyrrole nitrogens is 1. The molecule has 0 saturated carbocycles. The maximum Gasteiger partial charge on any atom is 0.240 e. The topological polar surface area (TPSA) is 87.7 Å². The standard InChI is InChI=1S/C16H15ClN4O2S/c17-13-8-6-12(7-9-13)16-19-15(20-21-16)10-11-18-24(22,23)14-4-2-1-3-5-14/h1-9,18H,10-11H2,(H,19,20,21). The van der Waals surface area contributed by atoms with Crippen LogP contribution in [0.5, 0.6) is 0 Å². The summed E-state index contributed by atoms with van der Waals surface area (Å²) >= 11 is 5.85. The second-order valence-corrected chi connectivity index (χ2v) is 7.28. The number of nitrogens with one attached hydrogen (secondary N) is 2. The first kappa shape index (κ1) is 16.6. The summed E-state index contributed by atoms with van der Waals surface area (Å²) in [6.07, 6.45) is 0.409. The lowest BCUT2D eigenvalue weighted by molar-refractivity contribution is 0.581. The third-order valence-electron chi connectivity index (χ3n) is 3.34. The van der Waals surface area contributed by atoms with Crippen LogP contribution in [0, 0.1) is 0 Å². The second kappa shape index (κ2) is 7.12. The largest absolute Gasteiger partial charge is 0.263 e. The van der Waals surface area contributed by atoms with E-state index in [1.807, 2.05) is 12.1 Å². The number of rotatable bonds is 6. The van der Waals surface area contributed by atoms with Crippen LogP contribution in [-0.2, 0) is 16.4 Å². The Morgan fingerprint density at radius 3 is 2.46 bits per heavy atom. The molecule has 6 nitrogen and oxygen atoms in total. The fourth-order valence-electron chi connectivity index (χ4n) is 2.12. The Morgan fingerprint density at radius 2 is 1.75 bits per heavy atom. The van der Waals surface area contributed by atoms with Gasteiger partial charge in [0.15, 0.2) is 5.82 Å². The number of sulfonamides is 1. The van der Waals surface area contributed by atoms with Crippen molar-refractivity contribution in [2.24, 2.45) is 0 Å². The van der Waals surface area contributed by atoms with Crippen LogP contribution in [0.4, 0.5) is 0 Å². The molecular formula is C16H15ClN4O2S. The van der Waals surface area contributed by atoms with Crippen LogP contribution >= 0.6 is 11.6 Å². The van der Waals surface area contributed by atoms with Crippen LogP contribution in [-0.4, -0.2) is 30.1 Å². The molecular weight excluding hydrogens is 348 g/mol. The second-order valence-electron chi connectivity index (χ2n) is 5.07. The van der Waals surface area contributed by atoms with Gasteiger partial charge in [0.2, 0.25) is 10.0 Å². The van der Waals surface area contributed by atoms with Crippen molar-refractivity contribution in [1.82, 2.24) is 19.9 Å². The summed E-state index contributed by atoms with van der Waals surface area (Å²) in [5.74, 6) is 1.16. The molecule has 0 unspecified atom stereocenters. The fraction of sp³-hybridized carbons (Fsp3) is 0.125. The van der Waals surface area contributed by atoms with E-state index in [1.165, 1.54) is 0 Å². The Kier molecular flexibility index (Phi) is 4.94. The Labute approximate surface area is 145 Å². The van der Waals surface area contributed by atoms with E-state index in [2.05, 4.69) is 19.9 Å². The van der Waals surface area contributed by atoms with Crippen LogP contribution < -0.4 is 4.72 Å². The van der Waals surface area contributed by atoms with E-state index in [-0.39, 0.29) is 11.4 Å². The Bertz CT molecular complexity index is 909. The molecule has 0 saturated heterocycles. The maximum absolute atomic E-state index is 12.1. The maximum atomic E-state index is 12.1. The third-order valence-corrected chi connectivity index (χ3v) is 5.07. The van der Waals surface area contributed by atoms with E-state index in [0.29, 0.717) is 23.1 Å². The molecule has 0 aliphatic rings. The number of aromatic amines is 1. The molecule has 2 N–H and O–H groups in total. The molecule has 2 aromatic carbocycles. The molecule has 0 spiro atoms. The van der Waals surface area contributed by atoms with Gasteiger partial charge < -0.3 is 0 Å². The number of aromatic nitrogens is 3. The molecule has 3 rings (SSSR count). The Morgan fingerprint density at radius 1 is 1.04 bits per heavy atom. The smallest absolute Gasteiger partial charge is 0.240 e. The van der Waals surface area contributed by atoms with E-state index >= 15 is 0 Å². The summed E-state index contributed by atoms with van der Waals surface area (Å²) in [5.41, 5.74) is 0.840. The first-order valence-electron chi connectivity index (χ1n) is 7.26. The van der Waals surface area contributed by atoms with Crippen molar-refractivity contribution < 1.29 is 8.42 Å². The van der Waals surface area contributed by atoms with Gasteiger partial charge >= 0.3 is 0 Å². The van der Waals surface area contributed by atoms with E-state index in [1.54, 1.807) is 42.5 Å². The molecule has 1 heterocycles. The Hall–Kier alpha value is -2.22. The minimum atomic E-state index is -3.51. The molecule has 0 bridgehead atoms. The van der Waals surface area contributed by atoms with Gasteiger partial charge in [0.1, 0.15) is 5.82 Å². The summed E-state index contributed by atoms with van der Waals surface area (Å²) < 4.78 is 26.8. The van der Waals surface area contributed by atoms with Crippen molar-refractivity contribution in [3.05, 3.63) is 65.4 Å². The highest BCUT2D eigenvalue weighted by molar-refractivity contribution is 7.89. The molecule has 124 valence electrons.